The van der Waals surface area contributed by atoms with Crippen molar-refractivity contribution in [3.05, 3.63) is 46.9 Å². The van der Waals surface area contributed by atoms with E-state index in [-0.39, 0.29) is 11.6 Å². The van der Waals surface area contributed by atoms with Crippen molar-refractivity contribution in [2.75, 3.05) is 0 Å². The molecule has 1 aliphatic carbocycles. The van der Waals surface area contributed by atoms with Gasteiger partial charge in [-0.2, -0.15) is 0 Å². The van der Waals surface area contributed by atoms with E-state index < -0.39 is 6.10 Å². The Kier molecular flexibility index (Phi) is 2.59. The Morgan fingerprint density at radius 3 is 2.61 bits per heavy atom. The van der Waals surface area contributed by atoms with Crippen LogP contribution < -0.4 is 0 Å². The minimum atomic E-state index is -0.960. The minimum absolute atomic E-state index is 0.0235. The van der Waals surface area contributed by atoms with Crippen LogP contribution in [-0.2, 0) is 4.79 Å². The lowest BCUT2D eigenvalue weighted by atomic mass is 9.91. The van der Waals surface area contributed by atoms with Gasteiger partial charge in [0.05, 0.1) is 17.0 Å². The van der Waals surface area contributed by atoms with Gasteiger partial charge in [0.15, 0.2) is 5.78 Å². The number of benzene rings is 1. The Morgan fingerprint density at radius 2 is 1.94 bits per heavy atom. The Labute approximate surface area is 104 Å². The van der Waals surface area contributed by atoms with Gasteiger partial charge in [-0.3, -0.25) is 9.79 Å². The first-order valence-corrected chi connectivity index (χ1v) is 5.95. The molecule has 3 rings (SSSR count). The predicted molar refractivity (Wildman–Crippen MR) is 64.8 cm³/mol. The molecule has 1 aromatic rings. The molecule has 0 spiro atoms. The quantitative estimate of drug-likeness (QED) is 0.822. The molecule has 0 radical (unpaired) electrons. The highest BCUT2D eigenvalue weighted by molar-refractivity contribution is 6.15. The molecule has 0 amide bonds. The smallest absolute Gasteiger partial charge is 0.163 e. The van der Waals surface area contributed by atoms with E-state index in [1.54, 1.807) is 12.1 Å². The molecule has 0 bridgehead atoms. The van der Waals surface area contributed by atoms with Crippen molar-refractivity contribution in [1.82, 2.24) is 0 Å². The average molecular weight is 245 g/mol. The number of hydrogen-bond acceptors (Lipinski definition) is 3. The van der Waals surface area contributed by atoms with Gasteiger partial charge in [-0.25, -0.2) is 4.39 Å². The molecule has 1 atom stereocenters. The van der Waals surface area contributed by atoms with E-state index in [2.05, 4.69) is 4.99 Å². The molecule has 0 aromatic heterocycles. The van der Waals surface area contributed by atoms with Crippen LogP contribution in [0.5, 0.6) is 0 Å². The standard InChI is InChI=1S/C14H12FNO2/c15-9-6-4-8(5-7-9)13-14(18)12-10(16-13)2-1-3-11(12)17/h4-7,14,18H,1-3H2/t14-/m0/s1. The van der Waals surface area contributed by atoms with Crippen molar-refractivity contribution in [3.8, 4) is 0 Å². The minimum Gasteiger partial charge on any atom is -0.382 e. The number of aliphatic imine (C=N–C) groups is 1. The summed E-state index contributed by atoms with van der Waals surface area (Å²) in [5, 5.41) is 10.2. The predicted octanol–water partition coefficient (Wildman–Crippen LogP) is 2.00. The first-order chi connectivity index (χ1) is 8.66. The molecule has 1 aromatic carbocycles. The third-order valence-electron chi connectivity index (χ3n) is 3.36. The van der Waals surface area contributed by atoms with E-state index in [9.17, 15) is 14.3 Å². The molecule has 0 fully saturated rings. The number of halogens is 1. The summed E-state index contributed by atoms with van der Waals surface area (Å²) >= 11 is 0. The number of allylic oxidation sites excluding steroid dienone is 1. The number of hydrogen-bond donors (Lipinski definition) is 1. The Balaban J connectivity index is 1.98. The van der Waals surface area contributed by atoms with Gasteiger partial charge >= 0.3 is 0 Å². The maximum absolute atomic E-state index is 12.9. The first kappa shape index (κ1) is 11.3. The second-order valence-corrected chi connectivity index (χ2v) is 4.54. The van der Waals surface area contributed by atoms with E-state index >= 15 is 0 Å². The highest BCUT2D eigenvalue weighted by Gasteiger charge is 2.34. The molecule has 1 N–H and O–H groups in total. The van der Waals surface area contributed by atoms with E-state index in [0.29, 0.717) is 29.0 Å². The summed E-state index contributed by atoms with van der Waals surface area (Å²) in [6.45, 7) is 0. The van der Waals surface area contributed by atoms with E-state index in [1.165, 1.54) is 12.1 Å². The SMILES string of the molecule is O=C1CCCC2=C1[C@H](O)C(c1ccc(F)cc1)=N2. The number of aliphatic hydroxyl groups excluding tert-OH is 1. The molecule has 3 nitrogen and oxygen atoms in total. The highest BCUT2D eigenvalue weighted by atomic mass is 19.1. The van der Waals surface area contributed by atoms with Crippen LogP contribution in [0.25, 0.3) is 0 Å². The third-order valence-corrected chi connectivity index (χ3v) is 3.36. The summed E-state index contributed by atoms with van der Waals surface area (Å²) in [7, 11) is 0. The van der Waals surface area contributed by atoms with Crippen LogP contribution in [0.1, 0.15) is 24.8 Å². The number of Topliss-reactive ketones (excluding diaryl/α,β-unsaturated/α-hetero) is 1. The number of carbonyl (C=O) groups is 1. The lowest BCUT2D eigenvalue weighted by Crippen LogP contribution is -2.25. The fraction of sp³-hybridized carbons (Fsp3) is 0.286. The maximum atomic E-state index is 12.9. The summed E-state index contributed by atoms with van der Waals surface area (Å²) in [5.41, 5.74) is 2.24. The molecule has 4 heteroatoms. The second-order valence-electron chi connectivity index (χ2n) is 4.54. The fourth-order valence-corrected chi connectivity index (χ4v) is 2.46. The van der Waals surface area contributed by atoms with Gasteiger partial charge in [0, 0.05) is 6.42 Å². The van der Waals surface area contributed by atoms with Crippen LogP contribution in [-0.4, -0.2) is 22.7 Å². The van der Waals surface area contributed by atoms with Crippen LogP contribution >= 0.6 is 0 Å². The second kappa shape index (κ2) is 4.14. The number of ketones is 1. The van der Waals surface area contributed by atoms with Crippen LogP contribution in [0.3, 0.4) is 0 Å². The Morgan fingerprint density at radius 1 is 1.22 bits per heavy atom. The van der Waals surface area contributed by atoms with Gasteiger partial charge < -0.3 is 5.11 Å². The van der Waals surface area contributed by atoms with Crippen molar-refractivity contribution < 1.29 is 14.3 Å². The summed E-state index contributed by atoms with van der Waals surface area (Å²) in [6.07, 6.45) is 1.02. The van der Waals surface area contributed by atoms with Gasteiger partial charge in [-0.15, -0.1) is 0 Å². The Bertz CT molecular complexity index is 572. The van der Waals surface area contributed by atoms with E-state index in [4.69, 9.17) is 0 Å². The zero-order chi connectivity index (χ0) is 12.7. The number of nitrogens with zero attached hydrogens (tertiary/aromatic N) is 1. The normalized spacial score (nSPS) is 23.1. The van der Waals surface area contributed by atoms with E-state index in [0.717, 1.165) is 12.8 Å². The van der Waals surface area contributed by atoms with Gasteiger partial charge in [-0.1, -0.05) is 12.1 Å². The molecular weight excluding hydrogens is 233 g/mol. The van der Waals surface area contributed by atoms with Crippen molar-refractivity contribution in [2.45, 2.75) is 25.4 Å². The average Bonchev–Trinajstić information content (AvgIpc) is 2.69. The van der Waals surface area contributed by atoms with Crippen LogP contribution in [0.15, 0.2) is 40.5 Å². The molecule has 2 aliphatic rings. The van der Waals surface area contributed by atoms with Crippen LogP contribution in [0, 0.1) is 5.82 Å². The Hall–Kier alpha value is -1.81. The zero-order valence-corrected chi connectivity index (χ0v) is 9.69. The van der Waals surface area contributed by atoms with Crippen LogP contribution in [0.4, 0.5) is 4.39 Å². The number of aliphatic hydroxyl groups is 1. The van der Waals surface area contributed by atoms with Crippen molar-refractivity contribution >= 4 is 11.5 Å². The van der Waals surface area contributed by atoms with Crippen LogP contribution in [0.2, 0.25) is 0 Å². The highest BCUT2D eigenvalue weighted by Crippen LogP contribution is 2.32. The van der Waals surface area contributed by atoms with E-state index in [1.807, 2.05) is 0 Å². The summed E-state index contributed by atoms with van der Waals surface area (Å²) < 4.78 is 12.9. The molecule has 92 valence electrons. The molecule has 1 aliphatic heterocycles. The lowest BCUT2D eigenvalue weighted by Gasteiger charge is -2.14. The molecule has 0 saturated heterocycles. The zero-order valence-electron chi connectivity index (χ0n) is 9.69. The van der Waals surface area contributed by atoms with Crippen molar-refractivity contribution in [3.63, 3.8) is 0 Å². The third kappa shape index (κ3) is 1.69. The summed E-state index contributed by atoms with van der Waals surface area (Å²) in [4.78, 5) is 16.1. The van der Waals surface area contributed by atoms with Gasteiger partial charge in [-0.05, 0) is 30.5 Å². The summed E-state index contributed by atoms with van der Waals surface area (Å²) in [5.74, 6) is -0.356. The topological polar surface area (TPSA) is 49.7 Å². The maximum Gasteiger partial charge on any atom is 0.163 e. The van der Waals surface area contributed by atoms with Gasteiger partial charge in [0.2, 0.25) is 0 Å². The summed E-state index contributed by atoms with van der Waals surface area (Å²) in [6, 6.07) is 5.79. The first-order valence-electron chi connectivity index (χ1n) is 5.95. The molecular formula is C14H12FNO2. The molecule has 1 heterocycles. The molecule has 18 heavy (non-hydrogen) atoms. The fourth-order valence-electron chi connectivity index (χ4n) is 2.46. The lowest BCUT2D eigenvalue weighted by molar-refractivity contribution is -0.116. The molecule has 0 unspecified atom stereocenters. The largest absolute Gasteiger partial charge is 0.382 e. The van der Waals surface area contributed by atoms with Crippen molar-refractivity contribution in [2.24, 2.45) is 4.99 Å². The number of carbonyl (C=O) groups excluding carboxylic acids is 1. The van der Waals surface area contributed by atoms with Gasteiger partial charge in [0.1, 0.15) is 11.9 Å². The van der Waals surface area contributed by atoms with Gasteiger partial charge in [0.25, 0.3) is 0 Å². The molecule has 0 saturated carbocycles. The monoisotopic (exact) mass is 245 g/mol. The number of rotatable bonds is 1. The van der Waals surface area contributed by atoms with Crippen molar-refractivity contribution in [1.29, 1.82) is 0 Å².